The molecule has 7 heteroatoms. The number of hydrogen-bond donors (Lipinski definition) is 2. The predicted molar refractivity (Wildman–Crippen MR) is 113 cm³/mol. The van der Waals surface area contributed by atoms with Crippen LogP contribution in [0.1, 0.15) is 29.7 Å². The molecule has 24 heavy (non-hydrogen) atoms. The maximum atomic E-state index is 4.62. The molecule has 0 aromatic carbocycles. The molecular weight excluding hydrogens is 433 g/mol. The maximum absolute atomic E-state index is 4.62. The number of pyridine rings is 1. The second-order valence-electron chi connectivity index (χ2n) is 5.24. The molecule has 0 bridgehead atoms. The van der Waals surface area contributed by atoms with Crippen molar-refractivity contribution in [2.45, 2.75) is 33.1 Å². The monoisotopic (exact) mass is 459 g/mol. The predicted octanol–water partition coefficient (Wildman–Crippen LogP) is 3.19. The van der Waals surface area contributed by atoms with E-state index in [1.54, 1.807) is 11.3 Å². The Kier molecular flexibility index (Phi) is 10.6. The minimum absolute atomic E-state index is 0. The van der Waals surface area contributed by atoms with Crippen molar-refractivity contribution in [2.24, 2.45) is 4.99 Å². The quantitative estimate of drug-likeness (QED) is 0.276. The Labute approximate surface area is 165 Å². The van der Waals surface area contributed by atoms with Crippen LogP contribution in [0.3, 0.4) is 0 Å². The van der Waals surface area contributed by atoms with Gasteiger partial charge in [0.15, 0.2) is 5.96 Å². The molecule has 0 radical (unpaired) electrons. The maximum Gasteiger partial charge on any atom is 0.191 e. The Morgan fingerprint density at radius 3 is 2.79 bits per heavy atom. The van der Waals surface area contributed by atoms with E-state index in [2.05, 4.69) is 37.9 Å². The Morgan fingerprint density at radius 2 is 2.12 bits per heavy atom. The number of halogens is 1. The first-order chi connectivity index (χ1) is 11.3. The van der Waals surface area contributed by atoms with Gasteiger partial charge in [-0.15, -0.1) is 35.3 Å². The number of nitrogens with zero attached hydrogens (tertiary/aromatic N) is 3. The molecule has 0 saturated heterocycles. The Bertz CT molecular complexity index is 600. The van der Waals surface area contributed by atoms with Gasteiger partial charge in [-0.25, -0.2) is 4.98 Å². The van der Waals surface area contributed by atoms with E-state index in [1.807, 2.05) is 31.3 Å². The lowest BCUT2D eigenvalue weighted by Crippen LogP contribution is -2.38. The van der Waals surface area contributed by atoms with Crippen LogP contribution in [0.2, 0.25) is 0 Å². The van der Waals surface area contributed by atoms with Gasteiger partial charge in [0.2, 0.25) is 0 Å². The largest absolute Gasteiger partial charge is 0.357 e. The number of aryl methyl sites for hydroxylation is 2. The molecule has 0 aliphatic carbocycles. The van der Waals surface area contributed by atoms with Gasteiger partial charge in [-0.1, -0.05) is 6.07 Å². The van der Waals surface area contributed by atoms with Crippen molar-refractivity contribution < 1.29 is 0 Å². The van der Waals surface area contributed by atoms with Crippen LogP contribution < -0.4 is 10.6 Å². The number of nitrogens with one attached hydrogen (secondary N) is 2. The number of hydrogen-bond acceptors (Lipinski definition) is 4. The van der Waals surface area contributed by atoms with Gasteiger partial charge in [-0.05, 0) is 32.4 Å². The fourth-order valence-electron chi connectivity index (χ4n) is 2.14. The molecule has 5 nitrogen and oxygen atoms in total. The SMILES string of the molecule is CCNC(=NCCCc1nc(C)cs1)NCCc1ccccn1.I. The second-order valence-corrected chi connectivity index (χ2v) is 6.19. The van der Waals surface area contributed by atoms with Crippen LogP contribution in [-0.4, -0.2) is 35.6 Å². The molecular formula is C17H26IN5S. The molecule has 2 aromatic rings. The fourth-order valence-corrected chi connectivity index (χ4v) is 2.95. The first-order valence-corrected chi connectivity index (χ1v) is 8.99. The summed E-state index contributed by atoms with van der Waals surface area (Å²) in [6, 6.07) is 6.00. The van der Waals surface area contributed by atoms with Gasteiger partial charge in [0, 0.05) is 55.4 Å². The summed E-state index contributed by atoms with van der Waals surface area (Å²) in [5, 5.41) is 9.93. The third-order valence-corrected chi connectivity index (χ3v) is 4.26. The number of rotatable bonds is 8. The van der Waals surface area contributed by atoms with E-state index in [4.69, 9.17) is 0 Å². The van der Waals surface area contributed by atoms with Crippen LogP contribution in [0.4, 0.5) is 0 Å². The van der Waals surface area contributed by atoms with E-state index in [0.717, 1.165) is 56.2 Å². The lowest BCUT2D eigenvalue weighted by molar-refractivity contribution is 0.768. The highest BCUT2D eigenvalue weighted by molar-refractivity contribution is 14.0. The topological polar surface area (TPSA) is 62.2 Å². The van der Waals surface area contributed by atoms with Gasteiger partial charge in [0.1, 0.15) is 0 Å². The first-order valence-electron chi connectivity index (χ1n) is 8.11. The lowest BCUT2D eigenvalue weighted by Gasteiger charge is -2.10. The van der Waals surface area contributed by atoms with Crippen molar-refractivity contribution in [3.8, 4) is 0 Å². The van der Waals surface area contributed by atoms with E-state index in [0.29, 0.717) is 0 Å². The summed E-state index contributed by atoms with van der Waals surface area (Å²) in [6.07, 6.45) is 4.73. The molecule has 0 unspecified atom stereocenters. The van der Waals surface area contributed by atoms with Crippen molar-refractivity contribution in [3.05, 3.63) is 46.2 Å². The summed E-state index contributed by atoms with van der Waals surface area (Å²) in [4.78, 5) is 13.4. The molecule has 0 aliphatic heterocycles. The summed E-state index contributed by atoms with van der Waals surface area (Å²) < 4.78 is 0. The second kappa shape index (κ2) is 12.2. The van der Waals surface area contributed by atoms with Crippen LogP contribution >= 0.6 is 35.3 Å². The molecule has 2 aromatic heterocycles. The van der Waals surface area contributed by atoms with E-state index < -0.39 is 0 Å². The molecule has 0 fully saturated rings. The molecule has 2 heterocycles. The highest BCUT2D eigenvalue weighted by Crippen LogP contribution is 2.10. The molecule has 2 N–H and O–H groups in total. The number of aliphatic imine (C=N–C) groups is 1. The summed E-state index contributed by atoms with van der Waals surface area (Å²) >= 11 is 1.73. The fraction of sp³-hybridized carbons (Fsp3) is 0.471. The summed E-state index contributed by atoms with van der Waals surface area (Å²) in [5.41, 5.74) is 2.20. The number of aromatic nitrogens is 2. The first kappa shape index (κ1) is 20.8. The summed E-state index contributed by atoms with van der Waals surface area (Å²) in [5.74, 6) is 0.874. The van der Waals surface area contributed by atoms with Crippen molar-refractivity contribution >= 4 is 41.3 Å². The summed E-state index contributed by atoms with van der Waals surface area (Å²) in [6.45, 7) is 6.61. The van der Waals surface area contributed by atoms with E-state index >= 15 is 0 Å². The molecule has 132 valence electrons. The Balaban J connectivity index is 0.00000288. The Morgan fingerprint density at radius 1 is 1.25 bits per heavy atom. The van der Waals surface area contributed by atoms with E-state index in [1.165, 1.54) is 5.01 Å². The molecule has 0 atom stereocenters. The van der Waals surface area contributed by atoms with Crippen LogP contribution in [0.5, 0.6) is 0 Å². The van der Waals surface area contributed by atoms with E-state index in [9.17, 15) is 0 Å². The van der Waals surface area contributed by atoms with Gasteiger partial charge in [0.05, 0.1) is 5.01 Å². The van der Waals surface area contributed by atoms with Crippen LogP contribution in [0.25, 0.3) is 0 Å². The van der Waals surface area contributed by atoms with Crippen LogP contribution in [0.15, 0.2) is 34.8 Å². The van der Waals surface area contributed by atoms with Crippen molar-refractivity contribution in [1.29, 1.82) is 0 Å². The third kappa shape index (κ3) is 8.05. The highest BCUT2D eigenvalue weighted by Gasteiger charge is 2.00. The van der Waals surface area contributed by atoms with E-state index in [-0.39, 0.29) is 24.0 Å². The molecule has 0 aliphatic rings. The van der Waals surface area contributed by atoms with Gasteiger partial charge < -0.3 is 10.6 Å². The van der Waals surface area contributed by atoms with Gasteiger partial charge >= 0.3 is 0 Å². The smallest absolute Gasteiger partial charge is 0.191 e. The average molecular weight is 459 g/mol. The van der Waals surface area contributed by atoms with Crippen molar-refractivity contribution in [3.63, 3.8) is 0 Å². The number of guanidine groups is 1. The molecule has 0 amide bonds. The highest BCUT2D eigenvalue weighted by atomic mass is 127. The zero-order chi connectivity index (χ0) is 16.3. The van der Waals surface area contributed by atoms with Gasteiger partial charge in [-0.3, -0.25) is 9.98 Å². The molecule has 2 rings (SSSR count). The van der Waals surface area contributed by atoms with Crippen molar-refractivity contribution in [2.75, 3.05) is 19.6 Å². The third-order valence-electron chi connectivity index (χ3n) is 3.23. The summed E-state index contributed by atoms with van der Waals surface area (Å²) in [7, 11) is 0. The minimum atomic E-state index is 0. The zero-order valence-corrected chi connectivity index (χ0v) is 17.4. The van der Waals surface area contributed by atoms with Gasteiger partial charge in [-0.2, -0.15) is 0 Å². The van der Waals surface area contributed by atoms with Crippen molar-refractivity contribution in [1.82, 2.24) is 20.6 Å². The molecule has 0 spiro atoms. The normalized spacial score (nSPS) is 11.0. The molecule has 0 saturated carbocycles. The average Bonchev–Trinajstić information content (AvgIpc) is 2.98. The lowest BCUT2D eigenvalue weighted by atomic mass is 10.3. The minimum Gasteiger partial charge on any atom is -0.357 e. The van der Waals surface area contributed by atoms with Crippen LogP contribution in [0, 0.1) is 6.92 Å². The standard InChI is InChI=1S/C17H25N5S.HI/c1-3-18-17(21-12-9-15-7-4-5-10-19-15)20-11-6-8-16-22-14(2)13-23-16;/h4-5,7,10,13H,3,6,8-9,11-12H2,1-2H3,(H2,18,20,21);1H. The Hall–Kier alpha value is -1.22. The van der Waals surface area contributed by atoms with Gasteiger partial charge in [0.25, 0.3) is 0 Å². The zero-order valence-electron chi connectivity index (χ0n) is 14.3. The van der Waals surface area contributed by atoms with Crippen LogP contribution in [-0.2, 0) is 12.8 Å². The number of thiazole rings is 1.